The van der Waals surface area contributed by atoms with Crippen LogP contribution in [0.4, 0.5) is 4.39 Å². The normalized spacial score (nSPS) is 23.1. The van der Waals surface area contributed by atoms with Gasteiger partial charge < -0.3 is 5.32 Å². The molecule has 1 N–H and O–H groups in total. The number of nitrogens with one attached hydrogen (secondary N) is 1. The highest BCUT2D eigenvalue weighted by atomic mass is 79.9. The molecular formula is C13H14BrClFNO. The minimum absolute atomic E-state index is 0.0240. The maximum absolute atomic E-state index is 13.0. The first-order valence-corrected chi connectivity index (χ1v) is 7.23. The second kappa shape index (κ2) is 6.02. The van der Waals surface area contributed by atoms with Gasteiger partial charge in [0.1, 0.15) is 5.82 Å². The Balaban J connectivity index is 1.89. The monoisotopic (exact) mass is 333 g/mol. The molecule has 0 spiro atoms. The zero-order valence-electron chi connectivity index (χ0n) is 9.76. The lowest BCUT2D eigenvalue weighted by Gasteiger charge is -2.11. The van der Waals surface area contributed by atoms with E-state index in [-0.39, 0.29) is 10.9 Å². The molecule has 1 amide bonds. The third kappa shape index (κ3) is 3.45. The summed E-state index contributed by atoms with van der Waals surface area (Å²) in [5.41, 5.74) is 0.398. The van der Waals surface area contributed by atoms with Gasteiger partial charge in [0.2, 0.25) is 0 Å². The Kier molecular flexibility index (Phi) is 4.62. The second-order valence-corrected chi connectivity index (χ2v) is 6.32. The molecule has 1 aliphatic rings. The molecule has 5 heteroatoms. The Morgan fingerprint density at radius 3 is 2.89 bits per heavy atom. The van der Waals surface area contributed by atoms with Gasteiger partial charge in [-0.05, 0) is 43.4 Å². The molecule has 0 bridgehead atoms. The Hall–Kier alpha value is -0.610. The van der Waals surface area contributed by atoms with Crippen molar-refractivity contribution >= 4 is 33.4 Å². The molecule has 1 aliphatic carbocycles. The highest BCUT2D eigenvalue weighted by Gasteiger charge is 2.22. The molecule has 18 heavy (non-hydrogen) atoms. The molecule has 1 saturated carbocycles. The van der Waals surface area contributed by atoms with Gasteiger partial charge in [-0.2, -0.15) is 0 Å². The van der Waals surface area contributed by atoms with Crippen LogP contribution < -0.4 is 5.32 Å². The summed E-state index contributed by atoms with van der Waals surface area (Å²) in [5.74, 6) is -0.185. The molecule has 0 heterocycles. The maximum Gasteiger partial charge on any atom is 0.251 e. The molecule has 1 aromatic rings. The van der Waals surface area contributed by atoms with Crippen molar-refractivity contribution < 1.29 is 9.18 Å². The Morgan fingerprint density at radius 1 is 1.50 bits per heavy atom. The Morgan fingerprint density at radius 2 is 2.28 bits per heavy atom. The highest BCUT2D eigenvalue weighted by Crippen LogP contribution is 2.30. The number of carbonyl (C=O) groups excluding carboxylic acids is 1. The van der Waals surface area contributed by atoms with Crippen LogP contribution in [0.5, 0.6) is 0 Å². The number of hydrogen-bond donors (Lipinski definition) is 1. The van der Waals surface area contributed by atoms with E-state index in [4.69, 9.17) is 11.6 Å². The van der Waals surface area contributed by atoms with Gasteiger partial charge in [0.25, 0.3) is 5.91 Å². The largest absolute Gasteiger partial charge is 0.352 e. The summed E-state index contributed by atoms with van der Waals surface area (Å²) >= 11 is 9.22. The lowest BCUT2D eigenvalue weighted by Crippen LogP contribution is -2.28. The molecular weight excluding hydrogens is 321 g/mol. The zero-order valence-corrected chi connectivity index (χ0v) is 12.1. The van der Waals surface area contributed by atoms with E-state index < -0.39 is 5.82 Å². The summed E-state index contributed by atoms with van der Waals surface area (Å²) in [6.45, 7) is 0.663. The number of benzene rings is 1. The summed E-state index contributed by atoms with van der Waals surface area (Å²) in [6, 6.07) is 4.01. The Labute approximate surface area is 119 Å². The van der Waals surface area contributed by atoms with Gasteiger partial charge in [-0.15, -0.1) is 0 Å². The fourth-order valence-electron chi connectivity index (χ4n) is 2.18. The fourth-order valence-corrected chi connectivity index (χ4v) is 3.15. The van der Waals surface area contributed by atoms with Crippen LogP contribution in [0.15, 0.2) is 18.2 Å². The average molecular weight is 335 g/mol. The predicted molar refractivity (Wildman–Crippen MR) is 73.8 cm³/mol. The van der Waals surface area contributed by atoms with E-state index in [0.717, 1.165) is 19.3 Å². The van der Waals surface area contributed by atoms with Crippen molar-refractivity contribution in [2.45, 2.75) is 24.1 Å². The van der Waals surface area contributed by atoms with E-state index in [1.54, 1.807) is 0 Å². The number of carbonyl (C=O) groups is 1. The predicted octanol–water partition coefficient (Wildman–Crippen LogP) is 3.77. The number of alkyl halides is 1. The van der Waals surface area contributed by atoms with E-state index in [2.05, 4.69) is 21.2 Å². The number of hydrogen-bond acceptors (Lipinski definition) is 1. The topological polar surface area (TPSA) is 29.1 Å². The highest BCUT2D eigenvalue weighted by molar-refractivity contribution is 9.09. The molecule has 1 aromatic carbocycles. The van der Waals surface area contributed by atoms with Crippen LogP contribution in [0.2, 0.25) is 5.02 Å². The number of amides is 1. The lowest BCUT2D eigenvalue weighted by molar-refractivity contribution is 0.0947. The molecule has 2 rings (SSSR count). The zero-order chi connectivity index (χ0) is 13.1. The van der Waals surface area contributed by atoms with Crippen molar-refractivity contribution in [1.82, 2.24) is 5.32 Å². The van der Waals surface area contributed by atoms with Crippen LogP contribution in [-0.2, 0) is 0 Å². The van der Waals surface area contributed by atoms with Gasteiger partial charge in [-0.25, -0.2) is 4.39 Å². The molecule has 2 atom stereocenters. The van der Waals surface area contributed by atoms with Gasteiger partial charge in [0, 0.05) is 16.9 Å². The van der Waals surface area contributed by atoms with E-state index in [1.165, 1.54) is 18.2 Å². The first-order valence-electron chi connectivity index (χ1n) is 5.93. The van der Waals surface area contributed by atoms with Crippen molar-refractivity contribution in [3.63, 3.8) is 0 Å². The average Bonchev–Trinajstić information content (AvgIpc) is 2.75. The van der Waals surface area contributed by atoms with Gasteiger partial charge in [0.15, 0.2) is 0 Å². The minimum Gasteiger partial charge on any atom is -0.352 e. The number of halogens is 3. The Bertz CT molecular complexity index is 455. The van der Waals surface area contributed by atoms with Crippen LogP contribution in [0.3, 0.4) is 0 Å². The van der Waals surface area contributed by atoms with E-state index >= 15 is 0 Å². The molecule has 98 valence electrons. The third-order valence-electron chi connectivity index (χ3n) is 3.21. The van der Waals surface area contributed by atoms with Crippen LogP contribution >= 0.6 is 27.5 Å². The quantitative estimate of drug-likeness (QED) is 0.838. The second-order valence-electron chi connectivity index (χ2n) is 4.62. The van der Waals surface area contributed by atoms with Crippen molar-refractivity contribution in [3.05, 3.63) is 34.6 Å². The van der Waals surface area contributed by atoms with Crippen LogP contribution in [0.1, 0.15) is 29.6 Å². The smallest absolute Gasteiger partial charge is 0.251 e. The fraction of sp³-hybridized carbons (Fsp3) is 0.462. The number of rotatable bonds is 3. The van der Waals surface area contributed by atoms with Gasteiger partial charge in [-0.1, -0.05) is 27.5 Å². The molecule has 0 saturated heterocycles. The molecule has 0 aromatic heterocycles. The van der Waals surface area contributed by atoms with Gasteiger partial charge >= 0.3 is 0 Å². The molecule has 0 radical (unpaired) electrons. The molecule has 2 unspecified atom stereocenters. The summed E-state index contributed by atoms with van der Waals surface area (Å²) < 4.78 is 13.0. The maximum atomic E-state index is 13.0. The first-order chi connectivity index (χ1) is 8.56. The lowest BCUT2D eigenvalue weighted by atomic mass is 10.1. The van der Waals surface area contributed by atoms with E-state index in [1.807, 2.05) is 0 Å². The minimum atomic E-state index is -0.508. The van der Waals surface area contributed by atoms with Gasteiger partial charge in [-0.3, -0.25) is 4.79 Å². The molecule has 1 fully saturated rings. The SMILES string of the molecule is O=C(NCC1CCC(Br)C1)c1ccc(F)c(Cl)c1. The summed E-state index contributed by atoms with van der Waals surface area (Å²) in [7, 11) is 0. The summed E-state index contributed by atoms with van der Waals surface area (Å²) in [6.07, 6.45) is 3.37. The molecule has 0 aliphatic heterocycles. The molecule has 2 nitrogen and oxygen atoms in total. The third-order valence-corrected chi connectivity index (χ3v) is 4.33. The van der Waals surface area contributed by atoms with Crippen molar-refractivity contribution in [1.29, 1.82) is 0 Å². The summed E-state index contributed by atoms with van der Waals surface area (Å²) in [4.78, 5) is 12.4. The first kappa shape index (κ1) is 13.8. The standard InChI is InChI=1S/C13H14BrClFNO/c14-10-3-1-8(5-10)7-17-13(18)9-2-4-12(16)11(15)6-9/h2,4,6,8,10H,1,3,5,7H2,(H,17,18). The van der Waals surface area contributed by atoms with E-state index in [9.17, 15) is 9.18 Å². The van der Waals surface area contributed by atoms with Gasteiger partial charge in [0.05, 0.1) is 5.02 Å². The van der Waals surface area contributed by atoms with Crippen LogP contribution in [0.25, 0.3) is 0 Å². The summed E-state index contributed by atoms with van der Waals surface area (Å²) in [5, 5.41) is 2.84. The van der Waals surface area contributed by atoms with E-state index in [0.29, 0.717) is 22.9 Å². The van der Waals surface area contributed by atoms with Crippen molar-refractivity contribution in [2.75, 3.05) is 6.54 Å². The van der Waals surface area contributed by atoms with Crippen molar-refractivity contribution in [3.8, 4) is 0 Å². The van der Waals surface area contributed by atoms with Crippen LogP contribution in [-0.4, -0.2) is 17.3 Å². The van der Waals surface area contributed by atoms with Crippen molar-refractivity contribution in [2.24, 2.45) is 5.92 Å². The van der Waals surface area contributed by atoms with Crippen LogP contribution in [0, 0.1) is 11.7 Å².